The van der Waals surface area contributed by atoms with E-state index in [1.54, 1.807) is 18.4 Å². The molecule has 0 spiro atoms. The van der Waals surface area contributed by atoms with E-state index < -0.39 is 0 Å². The van der Waals surface area contributed by atoms with E-state index in [-0.39, 0.29) is 0 Å². The van der Waals surface area contributed by atoms with Gasteiger partial charge in [-0.1, -0.05) is 23.9 Å². The van der Waals surface area contributed by atoms with Crippen molar-refractivity contribution in [2.45, 2.75) is 11.9 Å². The van der Waals surface area contributed by atoms with Crippen molar-refractivity contribution in [3.63, 3.8) is 0 Å². The first-order valence-electron chi connectivity index (χ1n) is 7.17. The molecule has 0 saturated heterocycles. The SMILES string of the molecule is COc1ccccc1-c1nc(C)c(-c2ccc(SCC#N)nn2)s1. The molecule has 0 atom stereocenters. The van der Waals surface area contributed by atoms with E-state index in [0.717, 1.165) is 37.6 Å². The lowest BCUT2D eigenvalue weighted by molar-refractivity contribution is 0.416. The zero-order valence-corrected chi connectivity index (χ0v) is 14.8. The van der Waals surface area contributed by atoms with Crippen molar-refractivity contribution in [2.24, 2.45) is 0 Å². The molecule has 0 amide bonds. The zero-order chi connectivity index (χ0) is 16.9. The number of aromatic nitrogens is 3. The standard InChI is InChI=1S/C17H14N4OS2/c1-11-16(13-7-8-15(21-20-13)23-10-9-18)24-17(19-11)12-5-3-4-6-14(12)22-2/h3-8H,10H2,1-2H3. The quantitative estimate of drug-likeness (QED) is 0.640. The Hall–Kier alpha value is -2.43. The average molecular weight is 354 g/mol. The maximum atomic E-state index is 8.61. The molecule has 7 heteroatoms. The largest absolute Gasteiger partial charge is 0.496 e. The van der Waals surface area contributed by atoms with Crippen molar-refractivity contribution in [1.82, 2.24) is 15.2 Å². The topological polar surface area (TPSA) is 71.7 Å². The summed E-state index contributed by atoms with van der Waals surface area (Å²) in [5.74, 6) is 1.16. The maximum Gasteiger partial charge on any atom is 0.129 e. The Kier molecular flexibility index (Phi) is 5.08. The van der Waals surface area contributed by atoms with Crippen LogP contribution in [-0.4, -0.2) is 28.0 Å². The van der Waals surface area contributed by atoms with E-state index in [4.69, 9.17) is 10.00 Å². The van der Waals surface area contributed by atoms with Crippen LogP contribution in [0.3, 0.4) is 0 Å². The number of aryl methyl sites for hydroxylation is 1. The number of para-hydroxylation sites is 1. The Morgan fingerprint density at radius 3 is 2.75 bits per heavy atom. The van der Waals surface area contributed by atoms with Gasteiger partial charge in [0.15, 0.2) is 0 Å². The predicted octanol–water partition coefficient (Wildman–Crippen LogP) is 4.20. The van der Waals surface area contributed by atoms with Gasteiger partial charge in [-0.05, 0) is 31.2 Å². The highest BCUT2D eigenvalue weighted by Gasteiger charge is 2.15. The molecule has 3 rings (SSSR count). The van der Waals surface area contributed by atoms with Crippen LogP contribution in [0.15, 0.2) is 41.4 Å². The maximum absolute atomic E-state index is 8.61. The molecule has 5 nitrogen and oxygen atoms in total. The molecule has 0 aliphatic rings. The summed E-state index contributed by atoms with van der Waals surface area (Å²) in [5.41, 5.74) is 2.66. The second kappa shape index (κ2) is 7.43. The highest BCUT2D eigenvalue weighted by atomic mass is 32.2. The van der Waals surface area contributed by atoms with Gasteiger partial charge < -0.3 is 4.74 Å². The fraction of sp³-hybridized carbons (Fsp3) is 0.176. The third-order valence-electron chi connectivity index (χ3n) is 3.29. The number of thiazole rings is 1. The lowest BCUT2D eigenvalue weighted by Crippen LogP contribution is -1.89. The minimum absolute atomic E-state index is 0.367. The third kappa shape index (κ3) is 3.40. The van der Waals surface area contributed by atoms with Crippen molar-refractivity contribution in [3.05, 3.63) is 42.1 Å². The predicted molar refractivity (Wildman–Crippen MR) is 96.2 cm³/mol. The van der Waals surface area contributed by atoms with Gasteiger partial charge in [0.1, 0.15) is 21.5 Å². The zero-order valence-electron chi connectivity index (χ0n) is 13.2. The monoisotopic (exact) mass is 354 g/mol. The highest BCUT2D eigenvalue weighted by molar-refractivity contribution is 7.99. The first-order valence-corrected chi connectivity index (χ1v) is 8.98. The molecule has 0 radical (unpaired) electrons. The third-order valence-corrected chi connectivity index (χ3v) is 5.29. The number of hydrogen-bond acceptors (Lipinski definition) is 7. The van der Waals surface area contributed by atoms with E-state index in [2.05, 4.69) is 21.3 Å². The molecule has 3 aromatic rings. The second-order valence-corrected chi connectivity index (χ2v) is 6.83. The molecule has 0 aliphatic carbocycles. The summed E-state index contributed by atoms with van der Waals surface area (Å²) in [4.78, 5) is 5.65. The lowest BCUT2D eigenvalue weighted by atomic mass is 10.2. The molecule has 0 unspecified atom stereocenters. The lowest BCUT2D eigenvalue weighted by Gasteiger charge is -2.04. The van der Waals surface area contributed by atoms with Gasteiger partial charge in [0.05, 0.1) is 35.1 Å². The normalized spacial score (nSPS) is 10.4. The molecule has 0 aliphatic heterocycles. The van der Waals surface area contributed by atoms with Gasteiger partial charge in [0.25, 0.3) is 0 Å². The van der Waals surface area contributed by atoms with Crippen molar-refractivity contribution < 1.29 is 4.74 Å². The van der Waals surface area contributed by atoms with Crippen molar-refractivity contribution in [3.8, 4) is 33.0 Å². The van der Waals surface area contributed by atoms with Crippen LogP contribution >= 0.6 is 23.1 Å². The van der Waals surface area contributed by atoms with Crippen LogP contribution in [0, 0.1) is 18.3 Å². The van der Waals surface area contributed by atoms with Crippen molar-refractivity contribution in [2.75, 3.05) is 12.9 Å². The fourth-order valence-corrected chi connectivity index (χ4v) is 3.73. The summed E-state index contributed by atoms with van der Waals surface area (Å²) in [6, 6.07) is 13.7. The van der Waals surface area contributed by atoms with Crippen molar-refractivity contribution >= 4 is 23.1 Å². The number of benzene rings is 1. The molecule has 2 aromatic heterocycles. The summed E-state index contributed by atoms with van der Waals surface area (Å²) in [7, 11) is 1.66. The van der Waals surface area contributed by atoms with Crippen LogP contribution in [0.2, 0.25) is 0 Å². The van der Waals surface area contributed by atoms with Crippen LogP contribution in [0.5, 0.6) is 5.75 Å². The van der Waals surface area contributed by atoms with Gasteiger partial charge in [-0.15, -0.1) is 21.5 Å². The first kappa shape index (κ1) is 16.4. The number of ether oxygens (including phenoxy) is 1. The van der Waals surface area contributed by atoms with Gasteiger partial charge in [-0.2, -0.15) is 5.26 Å². The van der Waals surface area contributed by atoms with E-state index in [1.807, 2.05) is 43.3 Å². The molecule has 0 saturated carbocycles. The molecule has 0 bridgehead atoms. The van der Waals surface area contributed by atoms with Crippen LogP contribution in [0.1, 0.15) is 5.69 Å². The molecule has 2 heterocycles. The Balaban J connectivity index is 1.93. The molecule has 120 valence electrons. The van der Waals surface area contributed by atoms with Gasteiger partial charge in [0, 0.05) is 0 Å². The summed E-state index contributed by atoms with van der Waals surface area (Å²) in [6.45, 7) is 1.96. The molecular formula is C17H14N4OS2. The number of hydrogen-bond donors (Lipinski definition) is 0. The highest BCUT2D eigenvalue weighted by Crippen LogP contribution is 2.38. The van der Waals surface area contributed by atoms with E-state index >= 15 is 0 Å². The van der Waals surface area contributed by atoms with Gasteiger partial charge in [0.2, 0.25) is 0 Å². The Morgan fingerprint density at radius 2 is 2.04 bits per heavy atom. The minimum Gasteiger partial charge on any atom is -0.496 e. The Morgan fingerprint density at radius 1 is 1.21 bits per heavy atom. The summed E-state index contributed by atoms with van der Waals surface area (Å²) in [6.07, 6.45) is 0. The van der Waals surface area contributed by atoms with Crippen LogP contribution in [0.25, 0.3) is 21.1 Å². The number of rotatable bonds is 5. The van der Waals surface area contributed by atoms with E-state index in [0.29, 0.717) is 5.75 Å². The smallest absolute Gasteiger partial charge is 0.129 e. The van der Waals surface area contributed by atoms with E-state index in [9.17, 15) is 0 Å². The first-order chi connectivity index (χ1) is 11.7. The van der Waals surface area contributed by atoms with Crippen LogP contribution in [0.4, 0.5) is 0 Å². The Labute approximate surface area is 148 Å². The van der Waals surface area contributed by atoms with E-state index in [1.165, 1.54) is 11.8 Å². The van der Waals surface area contributed by atoms with Crippen molar-refractivity contribution in [1.29, 1.82) is 5.26 Å². The molecule has 0 fully saturated rings. The summed E-state index contributed by atoms with van der Waals surface area (Å²) in [5, 5.41) is 18.7. The molecular weight excluding hydrogens is 340 g/mol. The van der Waals surface area contributed by atoms with Crippen LogP contribution in [-0.2, 0) is 0 Å². The minimum atomic E-state index is 0.367. The fourth-order valence-electron chi connectivity index (χ4n) is 2.19. The summed E-state index contributed by atoms with van der Waals surface area (Å²) >= 11 is 2.94. The van der Waals surface area contributed by atoms with Crippen LogP contribution < -0.4 is 4.74 Å². The molecule has 0 N–H and O–H groups in total. The molecule has 1 aromatic carbocycles. The average Bonchev–Trinajstić information content (AvgIpc) is 3.02. The number of nitriles is 1. The second-order valence-electron chi connectivity index (χ2n) is 4.84. The summed E-state index contributed by atoms with van der Waals surface area (Å²) < 4.78 is 5.42. The number of methoxy groups -OCH3 is 1. The van der Waals surface area contributed by atoms with Gasteiger partial charge in [-0.3, -0.25) is 0 Å². The van der Waals surface area contributed by atoms with Gasteiger partial charge in [-0.25, -0.2) is 4.98 Å². The number of nitrogens with zero attached hydrogens (tertiary/aromatic N) is 4. The molecule has 24 heavy (non-hydrogen) atoms. The van der Waals surface area contributed by atoms with Gasteiger partial charge >= 0.3 is 0 Å². The number of thioether (sulfide) groups is 1. The Bertz CT molecular complexity index is 884.